The first kappa shape index (κ1) is 15.8. The predicted molar refractivity (Wildman–Crippen MR) is 85.2 cm³/mol. The molecule has 0 fully saturated rings. The van der Waals surface area contributed by atoms with E-state index < -0.39 is 0 Å². The summed E-state index contributed by atoms with van der Waals surface area (Å²) >= 11 is 0. The molecule has 2 N–H and O–H groups in total. The molecule has 0 unspecified atom stereocenters. The summed E-state index contributed by atoms with van der Waals surface area (Å²) in [6.45, 7) is 4.56. The molecule has 0 saturated heterocycles. The van der Waals surface area contributed by atoms with Crippen LogP contribution in [0.25, 0.3) is 0 Å². The number of nitrogen functional groups attached to an aromatic ring is 1. The molecule has 0 bridgehead atoms. The fourth-order valence-corrected chi connectivity index (χ4v) is 2.22. The van der Waals surface area contributed by atoms with Gasteiger partial charge < -0.3 is 10.6 Å². The summed E-state index contributed by atoms with van der Waals surface area (Å²) in [5, 5.41) is 0. The van der Waals surface area contributed by atoms with Crippen LogP contribution in [0.5, 0.6) is 0 Å². The van der Waals surface area contributed by atoms with Gasteiger partial charge in [-0.15, -0.1) is 0 Å². The molecule has 1 heterocycles. The first-order valence-corrected chi connectivity index (χ1v) is 7.17. The normalized spacial score (nSPS) is 10.5. The highest BCUT2D eigenvalue weighted by Gasteiger charge is 2.15. The monoisotopic (exact) mass is 300 g/mol. The number of anilines is 1. The van der Waals surface area contributed by atoms with E-state index in [2.05, 4.69) is 4.98 Å². The number of nitrogens with zero attached hydrogens (tertiary/aromatic N) is 3. The van der Waals surface area contributed by atoms with Crippen LogP contribution in [0.4, 0.5) is 5.95 Å². The van der Waals surface area contributed by atoms with E-state index in [-0.39, 0.29) is 24.0 Å². The van der Waals surface area contributed by atoms with Gasteiger partial charge in [0.2, 0.25) is 11.9 Å². The number of hydrogen-bond acceptors (Lipinski definition) is 4. The van der Waals surface area contributed by atoms with E-state index in [1.807, 2.05) is 37.3 Å². The smallest absolute Gasteiger partial charge is 0.255 e. The summed E-state index contributed by atoms with van der Waals surface area (Å²) in [6.07, 6.45) is 0. The highest BCUT2D eigenvalue weighted by molar-refractivity contribution is 5.76. The lowest BCUT2D eigenvalue weighted by atomic mass is 10.2. The maximum atomic E-state index is 12.4. The lowest BCUT2D eigenvalue weighted by Crippen LogP contribution is -2.37. The Labute approximate surface area is 129 Å². The van der Waals surface area contributed by atoms with Gasteiger partial charge in [-0.05, 0) is 19.4 Å². The average molecular weight is 300 g/mol. The Morgan fingerprint density at radius 2 is 2.00 bits per heavy atom. The molecule has 1 aromatic carbocycles. The molecule has 0 radical (unpaired) electrons. The van der Waals surface area contributed by atoms with Crippen LogP contribution >= 0.6 is 0 Å². The Bertz CT molecular complexity index is 710. The van der Waals surface area contributed by atoms with Crippen LogP contribution in [0, 0.1) is 6.92 Å². The molecule has 1 aromatic heterocycles. The minimum Gasteiger partial charge on any atom is -0.369 e. The van der Waals surface area contributed by atoms with Crippen LogP contribution in [-0.2, 0) is 17.9 Å². The molecule has 116 valence electrons. The first-order valence-electron chi connectivity index (χ1n) is 7.17. The van der Waals surface area contributed by atoms with E-state index in [1.165, 1.54) is 10.6 Å². The number of carbonyl (C=O) groups is 1. The molecule has 1 amide bonds. The Morgan fingerprint density at radius 3 is 2.59 bits per heavy atom. The van der Waals surface area contributed by atoms with Gasteiger partial charge in [0.1, 0.15) is 6.54 Å². The molecule has 0 spiro atoms. The SMILES string of the molecule is CCN(Cc1ccccc1)C(=O)Cn1c(N)nc(C)cc1=O. The lowest BCUT2D eigenvalue weighted by Gasteiger charge is -2.22. The highest BCUT2D eigenvalue weighted by atomic mass is 16.2. The van der Waals surface area contributed by atoms with Crippen LogP contribution < -0.4 is 11.3 Å². The molecular formula is C16H20N4O2. The third-order valence-corrected chi connectivity index (χ3v) is 3.41. The average Bonchev–Trinajstić information content (AvgIpc) is 2.49. The molecule has 0 aliphatic carbocycles. The summed E-state index contributed by atoms with van der Waals surface area (Å²) in [5.41, 5.74) is 7.02. The fraction of sp³-hybridized carbons (Fsp3) is 0.312. The van der Waals surface area contributed by atoms with Crippen molar-refractivity contribution in [3.63, 3.8) is 0 Å². The van der Waals surface area contributed by atoms with Crippen LogP contribution in [0.15, 0.2) is 41.2 Å². The maximum absolute atomic E-state index is 12.4. The van der Waals surface area contributed by atoms with Gasteiger partial charge in [-0.25, -0.2) is 4.98 Å². The zero-order valence-corrected chi connectivity index (χ0v) is 12.8. The fourth-order valence-electron chi connectivity index (χ4n) is 2.22. The summed E-state index contributed by atoms with van der Waals surface area (Å²) in [6, 6.07) is 11.1. The first-order chi connectivity index (χ1) is 10.5. The molecule has 22 heavy (non-hydrogen) atoms. The van der Waals surface area contributed by atoms with Crippen LogP contribution in [-0.4, -0.2) is 26.9 Å². The third kappa shape index (κ3) is 3.72. The molecule has 6 heteroatoms. The molecular weight excluding hydrogens is 280 g/mol. The van der Waals surface area contributed by atoms with E-state index in [4.69, 9.17) is 5.73 Å². The van der Waals surface area contributed by atoms with Gasteiger partial charge in [0.25, 0.3) is 5.56 Å². The third-order valence-electron chi connectivity index (χ3n) is 3.41. The van der Waals surface area contributed by atoms with Crippen LogP contribution in [0.3, 0.4) is 0 Å². The van der Waals surface area contributed by atoms with Gasteiger partial charge in [-0.2, -0.15) is 0 Å². The summed E-state index contributed by atoms with van der Waals surface area (Å²) in [7, 11) is 0. The zero-order chi connectivity index (χ0) is 16.1. The minimum absolute atomic E-state index is 0.0640. The largest absolute Gasteiger partial charge is 0.369 e. The van der Waals surface area contributed by atoms with Crippen LogP contribution in [0.2, 0.25) is 0 Å². The number of benzene rings is 1. The van der Waals surface area contributed by atoms with Crippen molar-refractivity contribution in [3.05, 3.63) is 58.0 Å². The summed E-state index contributed by atoms with van der Waals surface area (Å²) in [4.78, 5) is 30.1. The molecule has 0 aliphatic rings. The number of amides is 1. The van der Waals surface area contributed by atoms with Gasteiger partial charge in [0.15, 0.2) is 0 Å². The van der Waals surface area contributed by atoms with Gasteiger partial charge in [-0.1, -0.05) is 30.3 Å². The van der Waals surface area contributed by atoms with Crippen molar-refractivity contribution in [2.24, 2.45) is 0 Å². The van der Waals surface area contributed by atoms with Gasteiger partial charge >= 0.3 is 0 Å². The standard InChI is InChI=1S/C16H20N4O2/c1-3-19(10-13-7-5-4-6-8-13)15(22)11-20-14(21)9-12(2)18-16(20)17/h4-9H,3,10-11H2,1-2H3,(H2,17,18). The Balaban J connectivity index is 2.15. The number of aromatic nitrogens is 2. The number of nitrogens with two attached hydrogens (primary N) is 1. The second-order valence-corrected chi connectivity index (χ2v) is 5.07. The quantitative estimate of drug-likeness (QED) is 0.899. The summed E-state index contributed by atoms with van der Waals surface area (Å²) < 4.78 is 1.20. The Morgan fingerprint density at radius 1 is 1.32 bits per heavy atom. The Kier molecular flexibility index (Phi) is 4.93. The molecule has 0 saturated carbocycles. The van der Waals surface area contributed by atoms with Crippen molar-refractivity contribution in [1.29, 1.82) is 0 Å². The minimum atomic E-state index is -0.311. The van der Waals surface area contributed by atoms with Crippen molar-refractivity contribution >= 4 is 11.9 Å². The van der Waals surface area contributed by atoms with Crippen molar-refractivity contribution < 1.29 is 4.79 Å². The maximum Gasteiger partial charge on any atom is 0.255 e. The molecule has 2 aromatic rings. The van der Waals surface area contributed by atoms with E-state index in [0.717, 1.165) is 5.56 Å². The highest BCUT2D eigenvalue weighted by Crippen LogP contribution is 2.06. The van der Waals surface area contributed by atoms with E-state index in [0.29, 0.717) is 18.8 Å². The molecule has 2 rings (SSSR count). The van der Waals surface area contributed by atoms with E-state index in [9.17, 15) is 9.59 Å². The van der Waals surface area contributed by atoms with Crippen molar-refractivity contribution in [3.8, 4) is 0 Å². The van der Waals surface area contributed by atoms with Gasteiger partial charge in [-0.3, -0.25) is 14.2 Å². The van der Waals surface area contributed by atoms with Crippen molar-refractivity contribution in [2.75, 3.05) is 12.3 Å². The van der Waals surface area contributed by atoms with Gasteiger partial charge in [0, 0.05) is 24.8 Å². The van der Waals surface area contributed by atoms with Crippen LogP contribution in [0.1, 0.15) is 18.2 Å². The number of aryl methyl sites for hydroxylation is 1. The number of rotatable bonds is 5. The zero-order valence-electron chi connectivity index (χ0n) is 12.8. The topological polar surface area (TPSA) is 81.2 Å². The number of carbonyl (C=O) groups excluding carboxylic acids is 1. The van der Waals surface area contributed by atoms with E-state index in [1.54, 1.807) is 11.8 Å². The second-order valence-electron chi connectivity index (χ2n) is 5.07. The molecule has 6 nitrogen and oxygen atoms in total. The second kappa shape index (κ2) is 6.89. The number of likely N-dealkylation sites (N-methyl/N-ethyl adjacent to an activating group) is 1. The van der Waals surface area contributed by atoms with Crippen molar-refractivity contribution in [2.45, 2.75) is 26.9 Å². The van der Waals surface area contributed by atoms with Crippen molar-refractivity contribution in [1.82, 2.24) is 14.5 Å². The summed E-state index contributed by atoms with van der Waals surface area (Å²) in [5.74, 6) is -0.0973. The molecule has 0 atom stereocenters. The number of hydrogen-bond donors (Lipinski definition) is 1. The predicted octanol–water partition coefficient (Wildman–Crippen LogP) is 1.18. The molecule has 0 aliphatic heterocycles. The van der Waals surface area contributed by atoms with E-state index >= 15 is 0 Å². The lowest BCUT2D eigenvalue weighted by molar-refractivity contribution is -0.132. The Hall–Kier alpha value is -2.63. The van der Waals surface area contributed by atoms with Gasteiger partial charge in [0.05, 0.1) is 0 Å².